The van der Waals surface area contributed by atoms with E-state index in [0.717, 1.165) is 6.42 Å². The predicted octanol–water partition coefficient (Wildman–Crippen LogP) is 5.65. The van der Waals surface area contributed by atoms with Gasteiger partial charge < -0.3 is 5.73 Å². The van der Waals surface area contributed by atoms with Crippen LogP contribution in [0.4, 0.5) is 0 Å². The largest absolute Gasteiger partial charge is 0.323 e. The van der Waals surface area contributed by atoms with Crippen LogP contribution in [0.5, 0.6) is 0 Å². The highest BCUT2D eigenvalue weighted by molar-refractivity contribution is 9.10. The van der Waals surface area contributed by atoms with Gasteiger partial charge in [0, 0.05) is 26.2 Å². The Kier molecular flexibility index (Phi) is 5.42. The number of hydrogen-bond donors (Lipinski definition) is 1. The summed E-state index contributed by atoms with van der Waals surface area (Å²) >= 11 is 5.40. The molecule has 0 aliphatic rings. The Bertz CT molecular complexity index is 530. The maximum absolute atomic E-state index is 6.62. The number of hydrogen-bond acceptors (Lipinski definition) is 2. The predicted molar refractivity (Wildman–Crippen MR) is 92.3 cm³/mol. The van der Waals surface area contributed by atoms with Gasteiger partial charge in [-0.2, -0.15) is 0 Å². The van der Waals surface area contributed by atoms with Gasteiger partial charge in [-0.15, -0.1) is 11.3 Å². The Morgan fingerprint density at radius 3 is 2.40 bits per heavy atom. The van der Waals surface area contributed by atoms with E-state index in [9.17, 15) is 0 Å². The van der Waals surface area contributed by atoms with E-state index >= 15 is 0 Å². The van der Waals surface area contributed by atoms with Crippen LogP contribution >= 0.6 is 27.3 Å². The summed E-state index contributed by atoms with van der Waals surface area (Å²) in [7, 11) is 0. The minimum absolute atomic E-state index is 0.0577. The third-order valence-corrected chi connectivity index (χ3v) is 6.27. The molecule has 3 heteroatoms. The molecule has 2 rings (SSSR count). The Morgan fingerprint density at radius 2 is 1.90 bits per heavy atom. The van der Waals surface area contributed by atoms with Gasteiger partial charge in [0.15, 0.2) is 0 Å². The first kappa shape index (κ1) is 15.7. The molecule has 0 saturated heterocycles. The normalized spacial score (nSPS) is 15.8. The zero-order valence-electron chi connectivity index (χ0n) is 12.3. The summed E-state index contributed by atoms with van der Waals surface area (Å²) in [6.45, 7) is 6.67. The van der Waals surface area contributed by atoms with Crippen molar-refractivity contribution < 1.29 is 0 Å². The van der Waals surface area contributed by atoms with Crippen LogP contribution in [0.1, 0.15) is 47.5 Å². The molecule has 20 heavy (non-hydrogen) atoms. The molecule has 1 aromatic heterocycles. The van der Waals surface area contributed by atoms with Crippen LogP contribution in [0.15, 0.2) is 40.9 Å². The molecule has 0 bridgehead atoms. The molecule has 1 heterocycles. The summed E-state index contributed by atoms with van der Waals surface area (Å²) in [5.41, 5.74) is 7.96. The number of thiophene rings is 1. The van der Waals surface area contributed by atoms with Crippen LogP contribution in [0, 0.1) is 12.8 Å². The van der Waals surface area contributed by atoms with E-state index in [1.54, 1.807) is 11.3 Å². The van der Waals surface area contributed by atoms with Crippen molar-refractivity contribution >= 4 is 27.3 Å². The molecule has 2 N–H and O–H groups in total. The molecule has 0 amide bonds. The smallest absolute Gasteiger partial charge is 0.0462 e. The third-order valence-electron chi connectivity index (χ3n) is 4.03. The van der Waals surface area contributed by atoms with Gasteiger partial charge in [0.25, 0.3) is 0 Å². The number of nitrogens with two attached hydrogens (primary N) is 1. The van der Waals surface area contributed by atoms with Crippen molar-refractivity contribution in [2.75, 3.05) is 0 Å². The lowest BCUT2D eigenvalue weighted by Gasteiger charge is -2.29. The van der Waals surface area contributed by atoms with Gasteiger partial charge in [0.2, 0.25) is 0 Å². The maximum atomic E-state index is 6.62. The average Bonchev–Trinajstić information content (AvgIpc) is 2.80. The van der Waals surface area contributed by atoms with Crippen molar-refractivity contribution in [1.82, 2.24) is 0 Å². The van der Waals surface area contributed by atoms with E-state index in [1.165, 1.54) is 19.8 Å². The molecule has 3 unspecified atom stereocenters. The molecule has 1 aromatic carbocycles. The van der Waals surface area contributed by atoms with Crippen molar-refractivity contribution in [3.63, 3.8) is 0 Å². The van der Waals surface area contributed by atoms with Crippen LogP contribution in [-0.4, -0.2) is 0 Å². The summed E-state index contributed by atoms with van der Waals surface area (Å²) in [6, 6.07) is 12.9. The molecule has 0 saturated carbocycles. The molecule has 0 radical (unpaired) electrons. The molecule has 0 fully saturated rings. The van der Waals surface area contributed by atoms with Crippen LogP contribution < -0.4 is 5.73 Å². The summed E-state index contributed by atoms with van der Waals surface area (Å²) in [4.78, 5) is 2.56. The molecule has 1 nitrogen and oxygen atoms in total. The molecular formula is C17H22BrNS. The fourth-order valence-electron chi connectivity index (χ4n) is 2.64. The summed E-state index contributed by atoms with van der Waals surface area (Å²) in [5.74, 6) is 0.930. The van der Waals surface area contributed by atoms with Gasteiger partial charge in [-0.1, -0.05) is 50.6 Å². The zero-order valence-corrected chi connectivity index (χ0v) is 14.7. The summed E-state index contributed by atoms with van der Waals surface area (Å²) < 4.78 is 1.17. The molecule has 0 aliphatic carbocycles. The number of benzene rings is 1. The minimum Gasteiger partial charge on any atom is -0.323 e. The van der Waals surface area contributed by atoms with Gasteiger partial charge in [-0.3, -0.25) is 0 Å². The van der Waals surface area contributed by atoms with E-state index in [-0.39, 0.29) is 6.04 Å². The Balaban J connectivity index is 2.36. The molecule has 3 atom stereocenters. The highest BCUT2D eigenvalue weighted by Crippen LogP contribution is 2.40. The van der Waals surface area contributed by atoms with E-state index in [0.29, 0.717) is 11.8 Å². The number of halogens is 1. The molecular weight excluding hydrogens is 330 g/mol. The summed E-state index contributed by atoms with van der Waals surface area (Å²) in [6.07, 6.45) is 1.14. The van der Waals surface area contributed by atoms with Gasteiger partial charge in [0.05, 0.1) is 0 Å². The standard InChI is InChI=1S/C17H22BrNS/c1-4-11(2)16(13-8-6-5-7-9-13)17(19)15-10-14(18)12(3)20-15/h5-11,16-17H,4,19H2,1-3H3. The quantitative estimate of drug-likeness (QED) is 0.739. The monoisotopic (exact) mass is 351 g/mol. The second-order valence-corrected chi connectivity index (χ2v) is 7.54. The van der Waals surface area contributed by atoms with Crippen LogP contribution in [-0.2, 0) is 0 Å². The van der Waals surface area contributed by atoms with Crippen molar-refractivity contribution in [3.05, 3.63) is 56.2 Å². The van der Waals surface area contributed by atoms with E-state index in [1.807, 2.05) is 0 Å². The van der Waals surface area contributed by atoms with Crippen LogP contribution in [0.2, 0.25) is 0 Å². The van der Waals surface area contributed by atoms with Crippen molar-refractivity contribution in [1.29, 1.82) is 0 Å². The van der Waals surface area contributed by atoms with Gasteiger partial charge in [-0.05, 0) is 40.4 Å². The number of rotatable bonds is 5. The summed E-state index contributed by atoms with van der Waals surface area (Å²) in [5, 5.41) is 0. The van der Waals surface area contributed by atoms with Crippen molar-refractivity contribution in [2.24, 2.45) is 11.7 Å². The molecule has 108 valence electrons. The minimum atomic E-state index is 0.0577. The topological polar surface area (TPSA) is 26.0 Å². The SMILES string of the molecule is CCC(C)C(c1ccccc1)C(N)c1cc(Br)c(C)s1. The van der Waals surface area contributed by atoms with E-state index < -0.39 is 0 Å². The fraction of sp³-hybridized carbons (Fsp3) is 0.412. The Morgan fingerprint density at radius 1 is 1.25 bits per heavy atom. The third kappa shape index (κ3) is 3.33. The lowest BCUT2D eigenvalue weighted by molar-refractivity contribution is 0.391. The van der Waals surface area contributed by atoms with Crippen molar-refractivity contribution in [2.45, 2.75) is 39.2 Å². The second kappa shape index (κ2) is 6.88. The average molecular weight is 352 g/mol. The molecule has 0 spiro atoms. The van der Waals surface area contributed by atoms with E-state index in [4.69, 9.17) is 5.73 Å². The van der Waals surface area contributed by atoms with E-state index in [2.05, 4.69) is 73.1 Å². The van der Waals surface area contributed by atoms with Crippen molar-refractivity contribution in [3.8, 4) is 0 Å². The highest BCUT2D eigenvalue weighted by Gasteiger charge is 2.27. The lowest BCUT2D eigenvalue weighted by Crippen LogP contribution is -2.24. The lowest BCUT2D eigenvalue weighted by atomic mass is 9.80. The second-order valence-electron chi connectivity index (χ2n) is 5.40. The zero-order chi connectivity index (χ0) is 14.7. The van der Waals surface area contributed by atoms with Gasteiger partial charge in [0.1, 0.15) is 0 Å². The maximum Gasteiger partial charge on any atom is 0.0462 e. The number of aryl methyl sites for hydroxylation is 1. The highest BCUT2D eigenvalue weighted by atomic mass is 79.9. The Hall–Kier alpha value is -0.640. The van der Waals surface area contributed by atoms with Crippen LogP contribution in [0.25, 0.3) is 0 Å². The molecule has 2 aromatic rings. The van der Waals surface area contributed by atoms with Crippen LogP contribution in [0.3, 0.4) is 0 Å². The Labute approximate surface area is 134 Å². The van der Waals surface area contributed by atoms with Gasteiger partial charge in [-0.25, -0.2) is 0 Å². The van der Waals surface area contributed by atoms with Gasteiger partial charge >= 0.3 is 0 Å². The first-order valence-corrected chi connectivity index (χ1v) is 8.71. The fourth-order valence-corrected chi connectivity index (χ4v) is 4.25. The first-order chi connectivity index (χ1) is 9.54. The first-order valence-electron chi connectivity index (χ1n) is 7.11. The molecule has 0 aliphatic heterocycles.